The molecule has 3 nitrogen and oxygen atoms in total. The van der Waals surface area contributed by atoms with E-state index >= 15 is 0 Å². The molecule has 2 heterocycles. The van der Waals surface area contributed by atoms with Gasteiger partial charge in [0.2, 0.25) is 0 Å². The fraction of sp³-hybridized carbons (Fsp3) is 0.158. The second kappa shape index (κ2) is 14.2. The summed E-state index contributed by atoms with van der Waals surface area (Å²) in [4.78, 5) is 16.2. The van der Waals surface area contributed by atoms with Gasteiger partial charge in [-0.15, -0.1) is 0 Å². The molecule has 0 bridgehead atoms. The summed E-state index contributed by atoms with van der Waals surface area (Å²) in [7, 11) is 0. The Morgan fingerprint density at radius 1 is 0.886 bits per heavy atom. The van der Waals surface area contributed by atoms with Crippen molar-refractivity contribution < 1.29 is 30.0 Å². The van der Waals surface area contributed by atoms with Crippen molar-refractivity contribution in [3.05, 3.63) is 121 Å². The maximum atomic E-state index is 10.0. The van der Waals surface area contributed by atoms with Crippen molar-refractivity contribution in [3.63, 3.8) is 0 Å². The van der Waals surface area contributed by atoms with E-state index in [9.17, 15) is 4.79 Å². The number of rotatable bonds is 5. The zero-order valence-corrected chi connectivity index (χ0v) is 31.2. The molecule has 0 fully saturated rings. The van der Waals surface area contributed by atoms with Gasteiger partial charge in [-0.3, -0.25) is 4.79 Å². The number of carbonyl (C=O) groups excluding carboxylic acids is 1. The van der Waals surface area contributed by atoms with Crippen molar-refractivity contribution in [1.82, 2.24) is 4.98 Å². The number of aliphatic hydroxyl groups excluding tert-OH is 1. The Balaban J connectivity index is 0.000000497. The number of aryl methyl sites for hydroxylation is 1. The number of fused-ring (bicyclic) bond motifs is 2. The number of benzene rings is 4. The van der Waals surface area contributed by atoms with Gasteiger partial charge in [0.05, 0.1) is 5.76 Å². The minimum atomic E-state index is -1.93. The molecule has 44 heavy (non-hydrogen) atoms. The first-order valence-corrected chi connectivity index (χ1v) is 22.6. The Morgan fingerprint density at radius 2 is 1.52 bits per heavy atom. The molecule has 0 aliphatic heterocycles. The summed E-state index contributed by atoms with van der Waals surface area (Å²) in [5.41, 5.74) is 7.07. The van der Waals surface area contributed by atoms with E-state index in [0.717, 1.165) is 11.3 Å². The second-order valence-corrected chi connectivity index (χ2v) is 23.5. The van der Waals surface area contributed by atoms with Crippen molar-refractivity contribution in [2.45, 2.75) is 38.0 Å². The van der Waals surface area contributed by atoms with Gasteiger partial charge in [0.25, 0.3) is 0 Å². The van der Waals surface area contributed by atoms with Crippen LogP contribution in [0.25, 0.3) is 53.7 Å². The SMILES string of the molecule is CC(=O)/C=C(/C)O.Cc1c(-c2ccccc2)sc2c(-c3ccccc3)cc(-c3nccc4c[c]([Ge]([CH3])([CH3])[CH3])ccc34)[c-]c12.[Ir]. The third kappa shape index (κ3) is 7.47. The molecule has 0 aliphatic carbocycles. The minimum absolute atomic E-state index is 0. The number of ketones is 1. The molecule has 0 unspecified atom stereocenters. The van der Waals surface area contributed by atoms with Crippen molar-refractivity contribution in [2.75, 3.05) is 0 Å². The van der Waals surface area contributed by atoms with E-state index in [2.05, 4.69) is 121 Å². The van der Waals surface area contributed by atoms with Crippen LogP contribution in [0.2, 0.25) is 17.3 Å². The summed E-state index contributed by atoms with van der Waals surface area (Å²) < 4.78 is 2.80. The van der Waals surface area contributed by atoms with E-state index in [0.29, 0.717) is 0 Å². The third-order valence-corrected chi connectivity index (χ3v) is 13.0. The molecule has 1 radical (unpaired) electrons. The van der Waals surface area contributed by atoms with Crippen LogP contribution < -0.4 is 4.40 Å². The van der Waals surface area contributed by atoms with Gasteiger partial charge < -0.3 is 5.11 Å². The molecule has 225 valence electrons. The molecule has 4 aromatic carbocycles. The molecule has 0 spiro atoms. The maximum absolute atomic E-state index is 10.0. The van der Waals surface area contributed by atoms with Gasteiger partial charge in [-0.05, 0) is 13.8 Å². The van der Waals surface area contributed by atoms with Gasteiger partial charge in [-0.2, -0.15) is 0 Å². The number of nitrogens with zero attached hydrogens (tertiary/aromatic N) is 1. The molecule has 6 heteroatoms. The number of carbonyl (C=O) groups is 1. The summed E-state index contributed by atoms with van der Waals surface area (Å²) in [6, 6.07) is 36.7. The average molecular weight is 836 g/mol. The Morgan fingerprint density at radius 3 is 2.09 bits per heavy atom. The van der Waals surface area contributed by atoms with Gasteiger partial charge in [0.1, 0.15) is 0 Å². The summed E-state index contributed by atoms with van der Waals surface area (Å²) in [5, 5.41) is 12.0. The standard InChI is InChI=1S/C33H28GeNS.C5H8O2.Ir/c1-22-29-20-26(31-28-16-15-27(34(2,3)4)19-25(28)17-18-35-31)21-30(23-11-7-5-8-12-23)33(29)36-32(22)24-13-9-6-10-14-24;1-4(6)3-5(2)7;/h5-19,21H,1-4H3;3,6H,1-2H3;/q-1;;/b;4-3-;. The molecule has 6 rings (SSSR count). The molecule has 0 saturated heterocycles. The molecular formula is C38H36GeIrNO2S-. The molecule has 0 amide bonds. The first kappa shape index (κ1) is 33.5. The predicted octanol–water partition coefficient (Wildman–Crippen LogP) is 10.1. The Bertz CT molecular complexity index is 1950. The minimum Gasteiger partial charge on any atom is 0 e. The van der Waals surface area contributed by atoms with Crippen LogP contribution in [0.15, 0.2) is 109 Å². The molecule has 0 saturated carbocycles. The van der Waals surface area contributed by atoms with Gasteiger partial charge in [-0.1, -0.05) is 18.2 Å². The van der Waals surface area contributed by atoms with Crippen LogP contribution in [0, 0.1) is 13.0 Å². The van der Waals surface area contributed by atoms with E-state index in [1.54, 1.807) is 0 Å². The van der Waals surface area contributed by atoms with E-state index in [1.807, 2.05) is 17.5 Å². The Kier molecular flexibility index (Phi) is 10.8. The normalized spacial score (nSPS) is 11.5. The fourth-order valence-electron chi connectivity index (χ4n) is 5.21. The van der Waals surface area contributed by atoms with E-state index in [1.165, 1.54) is 72.3 Å². The predicted molar refractivity (Wildman–Crippen MR) is 187 cm³/mol. The zero-order chi connectivity index (χ0) is 30.7. The van der Waals surface area contributed by atoms with E-state index in [-0.39, 0.29) is 31.6 Å². The summed E-state index contributed by atoms with van der Waals surface area (Å²) in [5.74, 6) is 7.27. The number of hydrogen-bond donors (Lipinski definition) is 1. The second-order valence-electron chi connectivity index (χ2n) is 11.8. The first-order valence-electron chi connectivity index (χ1n) is 14.4. The summed E-state index contributed by atoms with van der Waals surface area (Å²) in [6.45, 7) is 5.08. The number of pyridine rings is 1. The topological polar surface area (TPSA) is 50.2 Å². The smallest absolute Gasteiger partial charge is 0 e. The average Bonchev–Trinajstić information content (AvgIpc) is 3.32. The third-order valence-electron chi connectivity index (χ3n) is 7.36. The number of aromatic nitrogens is 1. The number of thiophene rings is 1. The van der Waals surface area contributed by atoms with E-state index in [4.69, 9.17) is 10.1 Å². The van der Waals surface area contributed by atoms with Gasteiger partial charge in [-0.25, -0.2) is 0 Å². The molecule has 0 atom stereocenters. The van der Waals surface area contributed by atoms with Crippen molar-refractivity contribution in [3.8, 4) is 32.8 Å². The summed E-state index contributed by atoms with van der Waals surface area (Å²) >= 11 is -0.0609. The van der Waals surface area contributed by atoms with Gasteiger partial charge >= 0.3 is 202 Å². The number of allylic oxidation sites excluding steroid dienone is 2. The van der Waals surface area contributed by atoms with Crippen molar-refractivity contribution in [1.29, 1.82) is 0 Å². The van der Waals surface area contributed by atoms with Crippen LogP contribution in [-0.4, -0.2) is 29.1 Å². The molecule has 0 aliphatic rings. The van der Waals surface area contributed by atoms with Crippen LogP contribution in [0.5, 0.6) is 0 Å². The van der Waals surface area contributed by atoms with Crippen LogP contribution in [-0.2, 0) is 24.9 Å². The Labute approximate surface area is 280 Å². The van der Waals surface area contributed by atoms with Crippen LogP contribution in [0.1, 0.15) is 19.4 Å². The number of hydrogen-bond acceptors (Lipinski definition) is 4. The quantitative estimate of drug-likeness (QED) is 0.0815. The van der Waals surface area contributed by atoms with Crippen LogP contribution in [0.3, 0.4) is 0 Å². The van der Waals surface area contributed by atoms with Gasteiger partial charge in [0, 0.05) is 26.2 Å². The maximum Gasteiger partial charge on any atom is 0 e. The zero-order valence-electron chi connectivity index (χ0n) is 25.9. The monoisotopic (exact) mass is 837 g/mol. The fourth-order valence-corrected chi connectivity index (χ4v) is 8.98. The van der Waals surface area contributed by atoms with Crippen LogP contribution >= 0.6 is 11.3 Å². The number of aliphatic hydroxyl groups is 1. The Hall–Kier alpha value is -3.35. The van der Waals surface area contributed by atoms with Crippen molar-refractivity contribution in [2.24, 2.45) is 0 Å². The van der Waals surface area contributed by atoms with E-state index < -0.39 is 13.3 Å². The molecule has 1 N–H and O–H groups in total. The molecular weight excluding hydrogens is 799 g/mol. The molecule has 6 aromatic rings. The van der Waals surface area contributed by atoms with Crippen LogP contribution in [0.4, 0.5) is 0 Å². The van der Waals surface area contributed by atoms with Crippen molar-refractivity contribution >= 4 is 55.6 Å². The van der Waals surface area contributed by atoms with Gasteiger partial charge in [0.15, 0.2) is 5.78 Å². The first-order chi connectivity index (χ1) is 20.5. The molecule has 2 aromatic heterocycles. The largest absolute Gasteiger partial charge is 0 e. The summed E-state index contributed by atoms with van der Waals surface area (Å²) in [6.07, 6.45) is 3.12.